The van der Waals surface area contributed by atoms with E-state index in [0.717, 1.165) is 39.0 Å². The molecular formula is C18H42Cl2N6O2. The van der Waals surface area contributed by atoms with Crippen molar-refractivity contribution in [2.75, 3.05) is 52.4 Å². The Morgan fingerprint density at radius 1 is 0.500 bits per heavy atom. The standard InChI is InChI=1S/C18H40N6O2.2ClH/c1-3-21-17(25)23-15-9-13-19-11-7-5-6-8-12-20-14-10-16-24-18(26)22-4-2;;/h19-20H,3-16H2,1-2H3,(H2,21,23,25)(H2,22,24,26);2*1H. The minimum atomic E-state index is -0.0839. The molecule has 0 bridgehead atoms. The normalized spacial score (nSPS) is 9.64. The third kappa shape index (κ3) is 25.0. The smallest absolute Gasteiger partial charge is 0.314 e. The highest BCUT2D eigenvalue weighted by molar-refractivity contribution is 5.85. The maximum Gasteiger partial charge on any atom is 0.314 e. The van der Waals surface area contributed by atoms with E-state index in [1.165, 1.54) is 25.7 Å². The van der Waals surface area contributed by atoms with Crippen LogP contribution in [0.25, 0.3) is 0 Å². The van der Waals surface area contributed by atoms with Crippen molar-refractivity contribution >= 4 is 36.9 Å². The van der Waals surface area contributed by atoms with Gasteiger partial charge in [-0.25, -0.2) is 9.59 Å². The second kappa shape index (κ2) is 26.0. The van der Waals surface area contributed by atoms with Gasteiger partial charge < -0.3 is 31.9 Å². The lowest BCUT2D eigenvalue weighted by Crippen LogP contribution is -2.36. The Labute approximate surface area is 183 Å². The quantitative estimate of drug-likeness (QED) is 0.193. The number of hydrogen-bond acceptors (Lipinski definition) is 4. The van der Waals surface area contributed by atoms with Gasteiger partial charge >= 0.3 is 12.1 Å². The van der Waals surface area contributed by atoms with Gasteiger partial charge in [-0.3, -0.25) is 0 Å². The molecule has 170 valence electrons. The summed E-state index contributed by atoms with van der Waals surface area (Å²) in [5.41, 5.74) is 0. The van der Waals surface area contributed by atoms with Crippen molar-refractivity contribution in [3.8, 4) is 0 Å². The van der Waals surface area contributed by atoms with E-state index < -0.39 is 0 Å². The molecule has 0 aromatic carbocycles. The predicted octanol–water partition coefficient (Wildman–Crippen LogP) is 1.99. The van der Waals surface area contributed by atoms with Crippen LogP contribution in [-0.4, -0.2) is 64.4 Å². The van der Waals surface area contributed by atoms with E-state index >= 15 is 0 Å². The van der Waals surface area contributed by atoms with E-state index in [0.29, 0.717) is 26.2 Å². The van der Waals surface area contributed by atoms with Crippen molar-refractivity contribution in [1.82, 2.24) is 31.9 Å². The van der Waals surface area contributed by atoms with Gasteiger partial charge in [-0.1, -0.05) is 12.8 Å². The van der Waals surface area contributed by atoms with Gasteiger partial charge in [-0.2, -0.15) is 0 Å². The first-order valence-corrected chi connectivity index (χ1v) is 10.2. The van der Waals surface area contributed by atoms with Crippen molar-refractivity contribution < 1.29 is 9.59 Å². The Morgan fingerprint density at radius 3 is 1.21 bits per heavy atom. The first-order chi connectivity index (χ1) is 12.7. The van der Waals surface area contributed by atoms with Crippen LogP contribution < -0.4 is 31.9 Å². The molecule has 0 heterocycles. The summed E-state index contributed by atoms with van der Waals surface area (Å²) in [6.07, 6.45) is 6.78. The molecule has 0 rings (SSSR count). The number of carbonyl (C=O) groups excluding carboxylic acids is 2. The number of amides is 4. The zero-order valence-corrected chi connectivity index (χ0v) is 19.2. The molecule has 4 amide bonds. The SMILES string of the molecule is CCNC(=O)NCCCNCCCCCCNCCCNC(=O)NCC.Cl.Cl. The van der Waals surface area contributed by atoms with Gasteiger partial charge in [0.15, 0.2) is 0 Å². The fraction of sp³-hybridized carbons (Fsp3) is 0.889. The lowest BCUT2D eigenvalue weighted by Gasteiger charge is -2.08. The summed E-state index contributed by atoms with van der Waals surface area (Å²) >= 11 is 0. The molecular weight excluding hydrogens is 403 g/mol. The molecule has 8 nitrogen and oxygen atoms in total. The van der Waals surface area contributed by atoms with Gasteiger partial charge in [0.05, 0.1) is 0 Å². The van der Waals surface area contributed by atoms with Crippen molar-refractivity contribution in [3.63, 3.8) is 0 Å². The average Bonchev–Trinajstić information content (AvgIpc) is 2.61. The van der Waals surface area contributed by atoms with Crippen LogP contribution in [0, 0.1) is 0 Å². The van der Waals surface area contributed by atoms with Crippen LogP contribution in [0.15, 0.2) is 0 Å². The molecule has 28 heavy (non-hydrogen) atoms. The molecule has 0 aromatic heterocycles. The van der Waals surface area contributed by atoms with E-state index in [1.54, 1.807) is 0 Å². The number of halogens is 2. The third-order valence-electron chi connectivity index (χ3n) is 3.76. The summed E-state index contributed by atoms with van der Waals surface area (Å²) in [4.78, 5) is 22.3. The summed E-state index contributed by atoms with van der Waals surface area (Å²) < 4.78 is 0. The second-order valence-corrected chi connectivity index (χ2v) is 6.19. The van der Waals surface area contributed by atoms with Crippen molar-refractivity contribution in [3.05, 3.63) is 0 Å². The summed E-state index contributed by atoms with van der Waals surface area (Å²) in [7, 11) is 0. The predicted molar refractivity (Wildman–Crippen MR) is 122 cm³/mol. The summed E-state index contributed by atoms with van der Waals surface area (Å²) in [6, 6.07) is -0.168. The zero-order valence-electron chi connectivity index (χ0n) is 17.5. The van der Waals surface area contributed by atoms with Crippen LogP contribution in [0.5, 0.6) is 0 Å². The van der Waals surface area contributed by atoms with E-state index in [-0.39, 0.29) is 36.9 Å². The second-order valence-electron chi connectivity index (χ2n) is 6.19. The molecule has 10 heteroatoms. The highest BCUT2D eigenvalue weighted by Crippen LogP contribution is 1.97. The highest BCUT2D eigenvalue weighted by atomic mass is 35.5. The van der Waals surface area contributed by atoms with E-state index in [1.807, 2.05) is 13.8 Å². The monoisotopic (exact) mass is 444 g/mol. The maximum atomic E-state index is 11.2. The molecule has 0 saturated heterocycles. The van der Waals surface area contributed by atoms with E-state index in [9.17, 15) is 9.59 Å². The van der Waals surface area contributed by atoms with Gasteiger partial charge in [0.2, 0.25) is 0 Å². The number of unbranched alkanes of at least 4 members (excludes halogenated alkanes) is 3. The number of urea groups is 2. The molecule has 0 aromatic rings. The first-order valence-electron chi connectivity index (χ1n) is 10.2. The van der Waals surface area contributed by atoms with Crippen LogP contribution in [0.2, 0.25) is 0 Å². The van der Waals surface area contributed by atoms with Crippen molar-refractivity contribution in [2.45, 2.75) is 52.4 Å². The maximum absolute atomic E-state index is 11.2. The molecule has 0 aliphatic rings. The Morgan fingerprint density at radius 2 is 0.857 bits per heavy atom. The van der Waals surface area contributed by atoms with Crippen LogP contribution in [0.4, 0.5) is 9.59 Å². The molecule has 0 unspecified atom stereocenters. The molecule has 0 fully saturated rings. The van der Waals surface area contributed by atoms with Crippen LogP contribution in [0.1, 0.15) is 52.4 Å². The Bertz CT molecular complexity index is 320. The fourth-order valence-electron chi connectivity index (χ4n) is 2.38. The third-order valence-corrected chi connectivity index (χ3v) is 3.76. The topological polar surface area (TPSA) is 106 Å². The summed E-state index contributed by atoms with van der Waals surface area (Å²) in [5.74, 6) is 0. The van der Waals surface area contributed by atoms with Crippen LogP contribution in [0.3, 0.4) is 0 Å². The Kier molecular flexibility index (Phi) is 29.5. The molecule has 0 atom stereocenters. The Hall–Kier alpha value is -0.960. The fourth-order valence-corrected chi connectivity index (χ4v) is 2.38. The van der Waals surface area contributed by atoms with Crippen molar-refractivity contribution in [1.29, 1.82) is 0 Å². The minimum Gasteiger partial charge on any atom is -0.338 e. The summed E-state index contributed by atoms with van der Waals surface area (Å²) in [5, 5.41) is 17.9. The van der Waals surface area contributed by atoms with E-state index in [2.05, 4.69) is 31.9 Å². The van der Waals surface area contributed by atoms with Crippen molar-refractivity contribution in [2.24, 2.45) is 0 Å². The number of carbonyl (C=O) groups is 2. The molecule has 0 spiro atoms. The highest BCUT2D eigenvalue weighted by Gasteiger charge is 1.97. The molecule has 0 aliphatic heterocycles. The number of rotatable bonds is 17. The minimum absolute atomic E-state index is 0. The Balaban J connectivity index is -0.00000312. The molecule has 6 N–H and O–H groups in total. The zero-order chi connectivity index (χ0) is 19.3. The molecule has 0 saturated carbocycles. The van der Waals surface area contributed by atoms with Gasteiger partial charge in [-0.05, 0) is 65.7 Å². The van der Waals surface area contributed by atoms with Gasteiger partial charge in [0.25, 0.3) is 0 Å². The number of nitrogens with one attached hydrogen (secondary N) is 6. The molecule has 0 aliphatic carbocycles. The first kappa shape index (κ1) is 31.7. The summed E-state index contributed by atoms with van der Waals surface area (Å²) in [6.45, 7) is 10.5. The van der Waals surface area contributed by atoms with Gasteiger partial charge in [0.1, 0.15) is 0 Å². The molecule has 0 radical (unpaired) electrons. The lowest BCUT2D eigenvalue weighted by atomic mass is 10.2. The lowest BCUT2D eigenvalue weighted by molar-refractivity contribution is 0.240. The average molecular weight is 445 g/mol. The van der Waals surface area contributed by atoms with Crippen LogP contribution >= 0.6 is 24.8 Å². The van der Waals surface area contributed by atoms with Gasteiger partial charge in [-0.15, -0.1) is 24.8 Å². The number of hydrogen-bond donors (Lipinski definition) is 6. The van der Waals surface area contributed by atoms with E-state index in [4.69, 9.17) is 0 Å². The van der Waals surface area contributed by atoms with Gasteiger partial charge in [0, 0.05) is 26.2 Å². The largest absolute Gasteiger partial charge is 0.338 e. The van der Waals surface area contributed by atoms with Crippen LogP contribution in [-0.2, 0) is 0 Å².